The van der Waals surface area contributed by atoms with Crippen LogP contribution in [0.1, 0.15) is 30.1 Å². The number of halogens is 1. The first-order valence-electron chi connectivity index (χ1n) is 4.17. The number of fused-ring (bicyclic) bond motifs is 1. The molecule has 0 amide bonds. The third-order valence-corrected chi connectivity index (χ3v) is 2.73. The first-order chi connectivity index (χ1) is 5.77. The summed E-state index contributed by atoms with van der Waals surface area (Å²) >= 11 is 3.40. The smallest absolute Gasteiger partial charge is 0.0452 e. The van der Waals surface area contributed by atoms with Gasteiger partial charge in [-0.3, -0.25) is 4.98 Å². The summed E-state index contributed by atoms with van der Waals surface area (Å²) in [6.45, 7) is 0. The molecule has 1 aliphatic carbocycles. The van der Waals surface area contributed by atoms with Crippen molar-refractivity contribution in [3.63, 3.8) is 0 Å². The van der Waals surface area contributed by atoms with Crippen molar-refractivity contribution in [2.24, 2.45) is 5.73 Å². The second kappa shape index (κ2) is 3.15. The highest BCUT2D eigenvalue weighted by Gasteiger charge is 2.17. The lowest BCUT2D eigenvalue weighted by Crippen LogP contribution is -2.18. The lowest BCUT2D eigenvalue weighted by Gasteiger charge is -2.20. The number of hydrogen-bond donors (Lipinski definition) is 1. The average Bonchev–Trinajstić information content (AvgIpc) is 2.07. The second-order valence-electron chi connectivity index (χ2n) is 3.19. The molecule has 0 fully saturated rings. The molecule has 2 N–H and O–H groups in total. The van der Waals surface area contributed by atoms with Crippen LogP contribution in [0.15, 0.2) is 16.7 Å². The van der Waals surface area contributed by atoms with Gasteiger partial charge in [-0.15, -0.1) is 0 Å². The zero-order valence-electron chi connectivity index (χ0n) is 6.76. The van der Waals surface area contributed by atoms with E-state index >= 15 is 0 Å². The van der Waals surface area contributed by atoms with Crippen molar-refractivity contribution in [3.05, 3.63) is 28.0 Å². The van der Waals surface area contributed by atoms with Crippen LogP contribution in [0.3, 0.4) is 0 Å². The minimum atomic E-state index is 0.193. The number of nitrogens with two attached hydrogens (primary N) is 1. The predicted octanol–water partition coefficient (Wildman–Crippen LogP) is 2.18. The van der Waals surface area contributed by atoms with Crippen LogP contribution in [0.4, 0.5) is 0 Å². The fourth-order valence-corrected chi connectivity index (χ4v) is 2.01. The maximum absolute atomic E-state index is 5.95. The molecule has 1 aliphatic rings. The van der Waals surface area contributed by atoms with E-state index in [1.54, 1.807) is 0 Å². The highest BCUT2D eigenvalue weighted by Crippen LogP contribution is 2.28. The molecule has 64 valence electrons. The summed E-state index contributed by atoms with van der Waals surface area (Å²) < 4.78 is 1.03. The summed E-state index contributed by atoms with van der Waals surface area (Å²) in [5, 5.41) is 0. The van der Waals surface area contributed by atoms with Crippen LogP contribution in [-0.2, 0) is 6.42 Å². The van der Waals surface area contributed by atoms with Gasteiger partial charge in [-0.2, -0.15) is 0 Å². The molecule has 1 aromatic rings. The third-order valence-electron chi connectivity index (χ3n) is 2.30. The Bertz CT molecular complexity index is 299. The van der Waals surface area contributed by atoms with Crippen molar-refractivity contribution in [2.45, 2.75) is 25.3 Å². The SMILES string of the molecule is N[C@@H]1CCCc2ncc(Br)cc21. The van der Waals surface area contributed by atoms with E-state index in [0.29, 0.717) is 0 Å². The maximum Gasteiger partial charge on any atom is 0.0452 e. The van der Waals surface area contributed by atoms with Crippen molar-refractivity contribution < 1.29 is 0 Å². The van der Waals surface area contributed by atoms with E-state index in [1.807, 2.05) is 6.20 Å². The van der Waals surface area contributed by atoms with E-state index in [2.05, 4.69) is 27.0 Å². The fourth-order valence-electron chi connectivity index (χ4n) is 1.66. The summed E-state index contributed by atoms with van der Waals surface area (Å²) in [6.07, 6.45) is 5.18. The highest BCUT2D eigenvalue weighted by atomic mass is 79.9. The summed E-state index contributed by atoms with van der Waals surface area (Å²) in [6, 6.07) is 2.28. The Morgan fingerprint density at radius 2 is 2.42 bits per heavy atom. The number of aromatic nitrogens is 1. The summed E-state index contributed by atoms with van der Waals surface area (Å²) in [5.74, 6) is 0. The Morgan fingerprint density at radius 3 is 3.25 bits per heavy atom. The van der Waals surface area contributed by atoms with Crippen LogP contribution in [0, 0.1) is 0 Å². The molecule has 0 bridgehead atoms. The summed E-state index contributed by atoms with van der Waals surface area (Å²) in [7, 11) is 0. The van der Waals surface area contributed by atoms with Crippen molar-refractivity contribution in [1.29, 1.82) is 0 Å². The van der Waals surface area contributed by atoms with Gasteiger partial charge in [0.25, 0.3) is 0 Å². The predicted molar refractivity (Wildman–Crippen MR) is 51.8 cm³/mol. The van der Waals surface area contributed by atoms with E-state index in [0.717, 1.165) is 17.3 Å². The number of hydrogen-bond acceptors (Lipinski definition) is 2. The molecular weight excluding hydrogens is 216 g/mol. The van der Waals surface area contributed by atoms with Crippen LogP contribution in [0.25, 0.3) is 0 Å². The zero-order valence-corrected chi connectivity index (χ0v) is 8.34. The van der Waals surface area contributed by atoms with Gasteiger partial charge in [-0.05, 0) is 46.8 Å². The van der Waals surface area contributed by atoms with Crippen LogP contribution in [-0.4, -0.2) is 4.98 Å². The normalized spacial score (nSPS) is 22.0. The Morgan fingerprint density at radius 1 is 1.58 bits per heavy atom. The Balaban J connectivity index is 2.47. The molecule has 0 saturated heterocycles. The van der Waals surface area contributed by atoms with Crippen LogP contribution >= 0.6 is 15.9 Å². The van der Waals surface area contributed by atoms with E-state index in [-0.39, 0.29) is 6.04 Å². The topological polar surface area (TPSA) is 38.9 Å². The first-order valence-corrected chi connectivity index (χ1v) is 4.96. The molecule has 0 unspecified atom stereocenters. The standard InChI is InChI=1S/C9H11BrN2/c10-6-4-7-8(11)2-1-3-9(7)12-5-6/h4-5,8H,1-3,11H2/t8-/m1/s1. The molecule has 1 atom stereocenters. The summed E-state index contributed by atoms with van der Waals surface area (Å²) in [4.78, 5) is 4.34. The highest BCUT2D eigenvalue weighted by molar-refractivity contribution is 9.10. The Kier molecular flexibility index (Phi) is 2.15. The number of aryl methyl sites for hydroxylation is 1. The van der Waals surface area contributed by atoms with Crippen molar-refractivity contribution in [1.82, 2.24) is 4.98 Å². The van der Waals surface area contributed by atoms with Gasteiger partial charge < -0.3 is 5.73 Å². The van der Waals surface area contributed by atoms with E-state index in [4.69, 9.17) is 5.73 Å². The molecule has 2 rings (SSSR count). The molecule has 0 aromatic carbocycles. The van der Waals surface area contributed by atoms with Gasteiger partial charge in [0.1, 0.15) is 0 Å². The maximum atomic E-state index is 5.95. The zero-order chi connectivity index (χ0) is 8.55. The molecule has 3 heteroatoms. The van der Waals surface area contributed by atoms with E-state index < -0.39 is 0 Å². The number of pyridine rings is 1. The molecule has 0 spiro atoms. The second-order valence-corrected chi connectivity index (χ2v) is 4.10. The van der Waals surface area contributed by atoms with Gasteiger partial charge >= 0.3 is 0 Å². The minimum absolute atomic E-state index is 0.193. The molecule has 0 radical (unpaired) electrons. The number of rotatable bonds is 0. The lowest BCUT2D eigenvalue weighted by molar-refractivity contribution is 0.559. The third kappa shape index (κ3) is 1.39. The minimum Gasteiger partial charge on any atom is -0.324 e. The Labute approximate surface area is 80.3 Å². The number of nitrogens with zero attached hydrogens (tertiary/aromatic N) is 1. The van der Waals surface area contributed by atoms with Crippen LogP contribution < -0.4 is 5.73 Å². The van der Waals surface area contributed by atoms with Crippen molar-refractivity contribution in [2.75, 3.05) is 0 Å². The van der Waals surface area contributed by atoms with Crippen molar-refractivity contribution in [3.8, 4) is 0 Å². The quantitative estimate of drug-likeness (QED) is 0.737. The van der Waals surface area contributed by atoms with E-state index in [1.165, 1.54) is 17.7 Å². The lowest BCUT2D eigenvalue weighted by atomic mass is 9.92. The Hall–Kier alpha value is -0.410. The molecule has 0 aliphatic heterocycles. The van der Waals surface area contributed by atoms with Crippen molar-refractivity contribution >= 4 is 15.9 Å². The van der Waals surface area contributed by atoms with Gasteiger partial charge in [0, 0.05) is 22.4 Å². The first kappa shape index (κ1) is 8.20. The van der Waals surface area contributed by atoms with E-state index in [9.17, 15) is 0 Å². The fraction of sp³-hybridized carbons (Fsp3) is 0.444. The van der Waals surface area contributed by atoms with Gasteiger partial charge in [0.05, 0.1) is 0 Å². The monoisotopic (exact) mass is 226 g/mol. The van der Waals surface area contributed by atoms with Crippen LogP contribution in [0.5, 0.6) is 0 Å². The summed E-state index contributed by atoms with van der Waals surface area (Å²) in [5.41, 5.74) is 8.35. The molecule has 12 heavy (non-hydrogen) atoms. The molecule has 1 heterocycles. The molecule has 2 nitrogen and oxygen atoms in total. The largest absolute Gasteiger partial charge is 0.324 e. The van der Waals surface area contributed by atoms with Gasteiger partial charge in [-0.25, -0.2) is 0 Å². The van der Waals surface area contributed by atoms with Gasteiger partial charge in [-0.1, -0.05) is 0 Å². The molecule has 1 aromatic heterocycles. The van der Waals surface area contributed by atoms with Gasteiger partial charge in [0.15, 0.2) is 0 Å². The average molecular weight is 227 g/mol. The molecule has 0 saturated carbocycles. The molecular formula is C9H11BrN2. The van der Waals surface area contributed by atoms with Crippen LogP contribution in [0.2, 0.25) is 0 Å². The van der Waals surface area contributed by atoms with Gasteiger partial charge in [0.2, 0.25) is 0 Å².